The lowest BCUT2D eigenvalue weighted by molar-refractivity contribution is 0.0758. The monoisotopic (exact) mass is 166 g/mol. The summed E-state index contributed by atoms with van der Waals surface area (Å²) in [5, 5.41) is 0. The lowest BCUT2D eigenvalue weighted by atomic mass is 9.62. The van der Waals surface area contributed by atoms with Crippen molar-refractivity contribution in [2.45, 2.75) is 58.3 Å². The molecule has 0 spiro atoms. The number of unbranched alkanes of at least 4 members (excludes halogenated alkanes) is 1. The molecule has 0 nitrogen and oxygen atoms in total. The summed E-state index contributed by atoms with van der Waals surface area (Å²) in [4.78, 5) is 0. The standard InChI is InChI=1S/C12H22/c1-2-3-4-10-5-6-11-7-8-12(11)9-10/h10-12H,2-9H2,1H3. The van der Waals surface area contributed by atoms with Gasteiger partial charge in [0.15, 0.2) is 0 Å². The summed E-state index contributed by atoms with van der Waals surface area (Å²) in [5.41, 5.74) is 0. The normalized spacial score (nSPS) is 40.2. The van der Waals surface area contributed by atoms with E-state index in [0.29, 0.717) is 0 Å². The van der Waals surface area contributed by atoms with E-state index in [2.05, 4.69) is 6.92 Å². The maximum Gasteiger partial charge on any atom is -0.0383 e. The third kappa shape index (κ3) is 1.67. The van der Waals surface area contributed by atoms with E-state index in [4.69, 9.17) is 0 Å². The van der Waals surface area contributed by atoms with Crippen molar-refractivity contribution in [3.05, 3.63) is 0 Å². The molecule has 2 rings (SSSR count). The van der Waals surface area contributed by atoms with E-state index in [1.165, 1.54) is 31.1 Å². The van der Waals surface area contributed by atoms with Gasteiger partial charge in [-0.1, -0.05) is 32.6 Å². The van der Waals surface area contributed by atoms with E-state index in [1.54, 1.807) is 32.1 Å². The van der Waals surface area contributed by atoms with E-state index >= 15 is 0 Å². The molecule has 3 atom stereocenters. The van der Waals surface area contributed by atoms with Crippen molar-refractivity contribution in [3.63, 3.8) is 0 Å². The van der Waals surface area contributed by atoms with Crippen molar-refractivity contribution in [3.8, 4) is 0 Å². The van der Waals surface area contributed by atoms with Crippen molar-refractivity contribution in [1.82, 2.24) is 0 Å². The van der Waals surface area contributed by atoms with Crippen molar-refractivity contribution in [2.75, 3.05) is 0 Å². The minimum absolute atomic E-state index is 1.12. The van der Waals surface area contributed by atoms with Crippen molar-refractivity contribution < 1.29 is 0 Å². The number of fused-ring (bicyclic) bond motifs is 1. The topological polar surface area (TPSA) is 0 Å². The van der Waals surface area contributed by atoms with E-state index in [1.807, 2.05) is 0 Å². The minimum atomic E-state index is 1.12. The van der Waals surface area contributed by atoms with Crippen LogP contribution < -0.4 is 0 Å². The van der Waals surface area contributed by atoms with Crippen molar-refractivity contribution in [2.24, 2.45) is 17.8 Å². The Balaban J connectivity index is 1.71. The van der Waals surface area contributed by atoms with Crippen LogP contribution in [0.2, 0.25) is 0 Å². The molecule has 0 amide bonds. The van der Waals surface area contributed by atoms with Gasteiger partial charge < -0.3 is 0 Å². The molecule has 0 N–H and O–H groups in total. The van der Waals surface area contributed by atoms with Crippen molar-refractivity contribution in [1.29, 1.82) is 0 Å². The first kappa shape index (κ1) is 8.59. The van der Waals surface area contributed by atoms with Crippen LogP contribution in [0.25, 0.3) is 0 Å². The predicted molar refractivity (Wildman–Crippen MR) is 53.1 cm³/mol. The van der Waals surface area contributed by atoms with E-state index in [-0.39, 0.29) is 0 Å². The number of hydrogen-bond donors (Lipinski definition) is 0. The van der Waals surface area contributed by atoms with E-state index in [0.717, 1.165) is 5.92 Å². The zero-order valence-corrected chi connectivity index (χ0v) is 8.39. The largest absolute Gasteiger partial charge is 0.0654 e. The van der Waals surface area contributed by atoms with E-state index < -0.39 is 0 Å². The van der Waals surface area contributed by atoms with Crippen LogP contribution in [0.4, 0.5) is 0 Å². The first-order chi connectivity index (χ1) is 5.90. The fraction of sp³-hybridized carbons (Fsp3) is 1.00. The molecule has 12 heavy (non-hydrogen) atoms. The lowest BCUT2D eigenvalue weighted by Gasteiger charge is -2.44. The van der Waals surface area contributed by atoms with Gasteiger partial charge in [-0.3, -0.25) is 0 Å². The number of rotatable bonds is 3. The molecule has 0 aliphatic heterocycles. The Morgan fingerprint density at radius 1 is 1.00 bits per heavy atom. The molecule has 0 aromatic heterocycles. The maximum atomic E-state index is 2.31. The van der Waals surface area contributed by atoms with Crippen molar-refractivity contribution >= 4 is 0 Å². The summed E-state index contributed by atoms with van der Waals surface area (Å²) in [6, 6.07) is 0. The van der Waals surface area contributed by atoms with Crippen LogP contribution >= 0.6 is 0 Å². The van der Waals surface area contributed by atoms with E-state index in [9.17, 15) is 0 Å². The molecule has 0 bridgehead atoms. The summed E-state index contributed by atoms with van der Waals surface area (Å²) in [7, 11) is 0. The van der Waals surface area contributed by atoms with Gasteiger partial charge in [0.05, 0.1) is 0 Å². The average Bonchev–Trinajstić information content (AvgIpc) is 2.05. The van der Waals surface area contributed by atoms with Crippen LogP contribution in [-0.2, 0) is 0 Å². The third-order valence-corrected chi connectivity index (χ3v) is 4.12. The molecule has 2 saturated carbocycles. The van der Waals surface area contributed by atoms with Crippen LogP contribution in [0.5, 0.6) is 0 Å². The second-order valence-electron chi connectivity index (χ2n) is 4.92. The van der Waals surface area contributed by atoms with Crippen LogP contribution in [-0.4, -0.2) is 0 Å². The highest BCUT2D eigenvalue weighted by molar-refractivity contribution is 4.87. The highest BCUT2D eigenvalue weighted by Crippen LogP contribution is 2.47. The molecule has 0 heterocycles. The SMILES string of the molecule is CCCCC1CCC2CCC2C1. The molecule has 0 radical (unpaired) electrons. The molecular formula is C12H22. The maximum absolute atomic E-state index is 2.31. The molecule has 70 valence electrons. The Morgan fingerprint density at radius 2 is 1.75 bits per heavy atom. The minimum Gasteiger partial charge on any atom is -0.0654 e. The van der Waals surface area contributed by atoms with Gasteiger partial charge in [0.1, 0.15) is 0 Å². The van der Waals surface area contributed by atoms with Crippen LogP contribution in [0, 0.1) is 17.8 Å². The molecule has 0 aromatic rings. The zero-order chi connectivity index (χ0) is 8.39. The second-order valence-corrected chi connectivity index (χ2v) is 4.92. The first-order valence-electron chi connectivity index (χ1n) is 5.90. The fourth-order valence-corrected chi connectivity index (χ4v) is 3.08. The molecule has 0 aromatic carbocycles. The van der Waals surface area contributed by atoms with Gasteiger partial charge in [-0.05, 0) is 43.4 Å². The Hall–Kier alpha value is 0. The Morgan fingerprint density at radius 3 is 2.33 bits per heavy atom. The van der Waals surface area contributed by atoms with Gasteiger partial charge in [-0.2, -0.15) is 0 Å². The highest BCUT2D eigenvalue weighted by atomic mass is 14.4. The molecular weight excluding hydrogens is 144 g/mol. The van der Waals surface area contributed by atoms with Crippen LogP contribution in [0.1, 0.15) is 58.3 Å². The van der Waals surface area contributed by atoms with Gasteiger partial charge in [-0.25, -0.2) is 0 Å². The third-order valence-electron chi connectivity index (χ3n) is 4.12. The predicted octanol–water partition coefficient (Wildman–Crippen LogP) is 4.00. The molecule has 3 unspecified atom stereocenters. The van der Waals surface area contributed by atoms with Crippen LogP contribution in [0.15, 0.2) is 0 Å². The smallest absolute Gasteiger partial charge is 0.0383 e. The summed E-state index contributed by atoms with van der Waals surface area (Å²) in [6.45, 7) is 2.31. The van der Waals surface area contributed by atoms with Gasteiger partial charge in [0.25, 0.3) is 0 Å². The molecule has 2 aliphatic carbocycles. The summed E-state index contributed by atoms with van der Waals surface area (Å²) in [6.07, 6.45) is 12.2. The Labute approximate surface area is 76.7 Å². The summed E-state index contributed by atoms with van der Waals surface area (Å²) in [5.74, 6) is 3.45. The number of hydrogen-bond acceptors (Lipinski definition) is 0. The quantitative estimate of drug-likeness (QED) is 0.594. The highest BCUT2D eigenvalue weighted by Gasteiger charge is 2.35. The van der Waals surface area contributed by atoms with Gasteiger partial charge in [0, 0.05) is 0 Å². The Bertz CT molecular complexity index is 137. The fourth-order valence-electron chi connectivity index (χ4n) is 3.08. The lowest BCUT2D eigenvalue weighted by Crippen LogP contribution is -2.32. The average molecular weight is 166 g/mol. The molecule has 0 heteroatoms. The first-order valence-corrected chi connectivity index (χ1v) is 5.90. The second kappa shape index (κ2) is 3.81. The van der Waals surface area contributed by atoms with Gasteiger partial charge >= 0.3 is 0 Å². The molecule has 2 fully saturated rings. The summed E-state index contributed by atoms with van der Waals surface area (Å²) < 4.78 is 0. The molecule has 2 aliphatic rings. The van der Waals surface area contributed by atoms with Gasteiger partial charge in [-0.15, -0.1) is 0 Å². The van der Waals surface area contributed by atoms with Gasteiger partial charge in [0.2, 0.25) is 0 Å². The van der Waals surface area contributed by atoms with Crippen LogP contribution in [0.3, 0.4) is 0 Å². The molecule has 0 saturated heterocycles. The summed E-state index contributed by atoms with van der Waals surface area (Å²) >= 11 is 0. The Kier molecular flexibility index (Phi) is 2.73. The zero-order valence-electron chi connectivity index (χ0n) is 8.39.